The third-order valence-corrected chi connectivity index (χ3v) is 4.26. The molecule has 0 amide bonds. The fourth-order valence-electron chi connectivity index (χ4n) is 3.24. The summed E-state index contributed by atoms with van der Waals surface area (Å²) in [6.45, 7) is 3.10. The Kier molecular flexibility index (Phi) is 3.29. The molecular weight excluding hydrogens is 234 g/mol. The van der Waals surface area contributed by atoms with Crippen LogP contribution >= 0.6 is 0 Å². The first-order chi connectivity index (χ1) is 9.23. The molecule has 19 heavy (non-hydrogen) atoms. The molecule has 2 unspecified atom stereocenters. The van der Waals surface area contributed by atoms with Gasteiger partial charge in [0, 0.05) is 6.61 Å². The molecule has 1 fully saturated rings. The zero-order valence-corrected chi connectivity index (χ0v) is 11.6. The Morgan fingerprint density at radius 1 is 1.16 bits per heavy atom. The normalized spacial score (nSPS) is 24.7. The van der Waals surface area contributed by atoms with Gasteiger partial charge in [-0.05, 0) is 49.2 Å². The van der Waals surface area contributed by atoms with Crippen LogP contribution in [0.25, 0.3) is 10.8 Å². The van der Waals surface area contributed by atoms with E-state index in [1.54, 1.807) is 0 Å². The van der Waals surface area contributed by atoms with Gasteiger partial charge >= 0.3 is 0 Å². The van der Waals surface area contributed by atoms with Crippen LogP contribution in [0.4, 0.5) is 0 Å². The Bertz CT molecular complexity index is 572. The highest BCUT2D eigenvalue weighted by atomic mass is 16.5. The van der Waals surface area contributed by atoms with E-state index in [2.05, 4.69) is 54.7 Å². The molecule has 2 aromatic carbocycles. The molecule has 0 spiro atoms. The second kappa shape index (κ2) is 4.95. The van der Waals surface area contributed by atoms with Crippen LogP contribution in [0.1, 0.15) is 31.4 Å². The summed E-state index contributed by atoms with van der Waals surface area (Å²) in [6, 6.07) is 15.4. The highest BCUT2D eigenvalue weighted by Gasteiger charge is 2.38. The van der Waals surface area contributed by atoms with Crippen LogP contribution in [0.15, 0.2) is 42.5 Å². The van der Waals surface area contributed by atoms with E-state index in [0.29, 0.717) is 0 Å². The maximum Gasteiger partial charge on any atom is 0.0849 e. The molecule has 2 atom stereocenters. The van der Waals surface area contributed by atoms with Crippen LogP contribution in [0.3, 0.4) is 0 Å². The Morgan fingerprint density at radius 2 is 1.95 bits per heavy atom. The lowest BCUT2D eigenvalue weighted by molar-refractivity contribution is -0.0104. The number of likely N-dealkylation sites (N-methyl/N-ethyl adjacent to an activating group) is 1. The Labute approximate surface area is 114 Å². The maximum absolute atomic E-state index is 6.00. The predicted octanol–water partition coefficient (Wildman–Crippen LogP) is 3.67. The van der Waals surface area contributed by atoms with Crippen LogP contribution in [0.5, 0.6) is 0 Å². The third kappa shape index (κ3) is 2.26. The van der Waals surface area contributed by atoms with E-state index < -0.39 is 0 Å². The fraction of sp³-hybridized carbons (Fsp3) is 0.412. The van der Waals surface area contributed by atoms with Gasteiger partial charge in [-0.2, -0.15) is 0 Å². The topological polar surface area (TPSA) is 21.3 Å². The molecule has 1 aliphatic rings. The second-order valence-electron chi connectivity index (χ2n) is 5.59. The fourth-order valence-corrected chi connectivity index (χ4v) is 3.24. The number of nitrogens with one attached hydrogen (secondary N) is 1. The van der Waals surface area contributed by atoms with E-state index in [0.717, 1.165) is 19.4 Å². The van der Waals surface area contributed by atoms with Crippen molar-refractivity contribution in [3.8, 4) is 0 Å². The average Bonchev–Trinajstić information content (AvgIpc) is 2.87. The minimum Gasteiger partial charge on any atom is -0.373 e. The molecule has 2 nitrogen and oxygen atoms in total. The monoisotopic (exact) mass is 255 g/mol. The highest BCUT2D eigenvalue weighted by molar-refractivity contribution is 5.83. The van der Waals surface area contributed by atoms with E-state index in [1.165, 1.54) is 16.3 Å². The van der Waals surface area contributed by atoms with Crippen molar-refractivity contribution < 1.29 is 4.74 Å². The number of benzene rings is 2. The second-order valence-corrected chi connectivity index (χ2v) is 5.59. The number of rotatable bonds is 3. The first-order valence-electron chi connectivity index (χ1n) is 7.03. The summed E-state index contributed by atoms with van der Waals surface area (Å²) in [6.07, 6.45) is 2.27. The van der Waals surface area contributed by atoms with Gasteiger partial charge in [0.15, 0.2) is 0 Å². The number of ether oxygens (including phenoxy) is 1. The summed E-state index contributed by atoms with van der Waals surface area (Å²) >= 11 is 0. The minimum atomic E-state index is -0.0861. The Balaban J connectivity index is 2.01. The summed E-state index contributed by atoms with van der Waals surface area (Å²) in [5.41, 5.74) is 1.22. The largest absolute Gasteiger partial charge is 0.373 e. The van der Waals surface area contributed by atoms with Gasteiger partial charge < -0.3 is 10.1 Å². The molecule has 1 saturated heterocycles. The van der Waals surface area contributed by atoms with Crippen molar-refractivity contribution in [1.29, 1.82) is 0 Å². The van der Waals surface area contributed by atoms with Crippen LogP contribution < -0.4 is 5.32 Å². The smallest absolute Gasteiger partial charge is 0.0849 e. The van der Waals surface area contributed by atoms with Gasteiger partial charge in [-0.1, -0.05) is 36.4 Å². The molecule has 0 aliphatic carbocycles. The van der Waals surface area contributed by atoms with Crippen molar-refractivity contribution >= 4 is 10.8 Å². The summed E-state index contributed by atoms with van der Waals surface area (Å²) in [5.74, 6) is 0. The molecule has 3 rings (SSSR count). The standard InChI is InChI=1S/C17H21NO/c1-17(10-5-11-19-17)16(18-2)15-9-8-13-6-3-4-7-14(13)12-15/h3-4,6-9,12,16,18H,5,10-11H2,1-2H3. The van der Waals surface area contributed by atoms with Gasteiger partial charge in [-0.3, -0.25) is 0 Å². The Hall–Kier alpha value is -1.38. The zero-order chi connectivity index (χ0) is 13.3. The lowest BCUT2D eigenvalue weighted by Crippen LogP contribution is -2.39. The zero-order valence-electron chi connectivity index (χ0n) is 11.6. The van der Waals surface area contributed by atoms with Crippen LogP contribution in [0, 0.1) is 0 Å². The van der Waals surface area contributed by atoms with Crippen LogP contribution in [0.2, 0.25) is 0 Å². The van der Waals surface area contributed by atoms with Crippen molar-refractivity contribution in [2.24, 2.45) is 0 Å². The number of hydrogen-bond acceptors (Lipinski definition) is 2. The molecule has 1 N–H and O–H groups in total. The van der Waals surface area contributed by atoms with Crippen LogP contribution in [-0.2, 0) is 4.74 Å². The van der Waals surface area contributed by atoms with Crippen molar-refractivity contribution in [1.82, 2.24) is 5.32 Å². The molecule has 0 bridgehead atoms. The molecular formula is C17H21NO. The molecule has 2 aromatic rings. The highest BCUT2D eigenvalue weighted by Crippen LogP contribution is 2.37. The van der Waals surface area contributed by atoms with Gasteiger partial charge in [0.1, 0.15) is 0 Å². The molecule has 0 aromatic heterocycles. The van der Waals surface area contributed by atoms with Crippen LogP contribution in [-0.4, -0.2) is 19.3 Å². The summed E-state index contributed by atoms with van der Waals surface area (Å²) in [7, 11) is 2.02. The molecule has 100 valence electrons. The molecule has 2 heteroatoms. The van der Waals surface area contributed by atoms with Crippen molar-refractivity contribution in [3.63, 3.8) is 0 Å². The molecule has 1 aliphatic heterocycles. The van der Waals surface area contributed by atoms with E-state index in [9.17, 15) is 0 Å². The summed E-state index contributed by atoms with van der Waals surface area (Å²) in [5, 5.41) is 6.02. The Morgan fingerprint density at radius 3 is 2.63 bits per heavy atom. The molecule has 1 heterocycles. The number of hydrogen-bond donors (Lipinski definition) is 1. The van der Waals surface area contributed by atoms with Gasteiger partial charge in [0.25, 0.3) is 0 Å². The van der Waals surface area contributed by atoms with E-state index in [-0.39, 0.29) is 11.6 Å². The van der Waals surface area contributed by atoms with Crippen molar-refractivity contribution in [2.75, 3.05) is 13.7 Å². The quantitative estimate of drug-likeness (QED) is 0.903. The van der Waals surface area contributed by atoms with E-state index in [4.69, 9.17) is 4.74 Å². The minimum absolute atomic E-state index is 0.0861. The van der Waals surface area contributed by atoms with E-state index in [1.807, 2.05) is 7.05 Å². The first-order valence-corrected chi connectivity index (χ1v) is 7.03. The van der Waals surface area contributed by atoms with Gasteiger partial charge in [-0.25, -0.2) is 0 Å². The van der Waals surface area contributed by atoms with E-state index >= 15 is 0 Å². The lowest BCUT2D eigenvalue weighted by atomic mass is 9.87. The third-order valence-electron chi connectivity index (χ3n) is 4.26. The van der Waals surface area contributed by atoms with Gasteiger partial charge in [-0.15, -0.1) is 0 Å². The number of fused-ring (bicyclic) bond motifs is 1. The maximum atomic E-state index is 6.00. The first kappa shape index (κ1) is 12.6. The van der Waals surface area contributed by atoms with Crippen molar-refractivity contribution in [3.05, 3.63) is 48.0 Å². The summed E-state index contributed by atoms with van der Waals surface area (Å²) in [4.78, 5) is 0. The van der Waals surface area contributed by atoms with Gasteiger partial charge in [0.2, 0.25) is 0 Å². The summed E-state index contributed by atoms with van der Waals surface area (Å²) < 4.78 is 6.00. The van der Waals surface area contributed by atoms with Crippen molar-refractivity contribution in [2.45, 2.75) is 31.4 Å². The SMILES string of the molecule is CNC(c1ccc2ccccc2c1)C1(C)CCCO1. The van der Waals surface area contributed by atoms with Gasteiger partial charge in [0.05, 0.1) is 11.6 Å². The lowest BCUT2D eigenvalue weighted by Gasteiger charge is -2.33. The molecule has 0 saturated carbocycles. The predicted molar refractivity (Wildman–Crippen MR) is 79.3 cm³/mol. The average molecular weight is 255 g/mol. The molecule has 0 radical (unpaired) electrons.